The number of fused-ring (bicyclic) bond motifs is 1. The number of carbonyl (C=O) groups excluding carboxylic acids is 2. The van der Waals surface area contributed by atoms with Gasteiger partial charge in [-0.3, -0.25) is 9.59 Å². The summed E-state index contributed by atoms with van der Waals surface area (Å²) in [6, 6.07) is 4.15. The van der Waals surface area contributed by atoms with Crippen LogP contribution in [0.1, 0.15) is 34.4 Å². The van der Waals surface area contributed by atoms with Crippen molar-refractivity contribution in [1.82, 2.24) is 24.3 Å². The maximum Gasteiger partial charge on any atom is 0.328 e. The second-order valence-electron chi connectivity index (χ2n) is 10.5. The topological polar surface area (TPSA) is 120 Å². The number of hydrogen-bond acceptors (Lipinski definition) is 8. The SMILES string of the molecule is COC(=O)[C@H](Cc1ccc(-c2nc(C)c(C)n(C)c2=O)c2nccn12)NC(=O)c1c(F)cc(N2CCOC[C@@H]2C)cc1F. The van der Waals surface area contributed by atoms with Crippen LogP contribution in [0.3, 0.4) is 0 Å². The van der Waals surface area contributed by atoms with E-state index in [2.05, 4.69) is 15.3 Å². The van der Waals surface area contributed by atoms with Crippen LogP contribution in [0.4, 0.5) is 14.5 Å². The van der Waals surface area contributed by atoms with E-state index in [1.165, 1.54) is 10.8 Å². The molecule has 0 aliphatic carbocycles. The summed E-state index contributed by atoms with van der Waals surface area (Å²) in [6.45, 7) is 6.76. The summed E-state index contributed by atoms with van der Waals surface area (Å²) >= 11 is 0. The molecule has 4 aromatic rings. The molecule has 1 aromatic carbocycles. The lowest BCUT2D eigenvalue weighted by molar-refractivity contribution is -0.142. The predicted molar refractivity (Wildman–Crippen MR) is 154 cm³/mol. The molecular formula is C30H32F2N6O5. The lowest BCUT2D eigenvalue weighted by Crippen LogP contribution is -2.44. The van der Waals surface area contributed by atoms with E-state index in [-0.39, 0.29) is 23.7 Å². The van der Waals surface area contributed by atoms with E-state index < -0.39 is 35.1 Å². The molecule has 43 heavy (non-hydrogen) atoms. The van der Waals surface area contributed by atoms with Gasteiger partial charge in [0.15, 0.2) is 0 Å². The number of pyridine rings is 1. The van der Waals surface area contributed by atoms with Gasteiger partial charge in [0, 0.05) is 61.1 Å². The second-order valence-corrected chi connectivity index (χ2v) is 10.5. The minimum Gasteiger partial charge on any atom is -0.467 e. The molecule has 1 aliphatic rings. The van der Waals surface area contributed by atoms with Gasteiger partial charge in [-0.25, -0.2) is 23.5 Å². The third-order valence-corrected chi connectivity index (χ3v) is 7.86. The molecule has 11 nitrogen and oxygen atoms in total. The van der Waals surface area contributed by atoms with E-state index in [9.17, 15) is 14.4 Å². The Kier molecular flexibility index (Phi) is 8.27. The van der Waals surface area contributed by atoms with Crippen LogP contribution < -0.4 is 15.8 Å². The Labute approximate surface area is 246 Å². The van der Waals surface area contributed by atoms with Gasteiger partial charge in [0.05, 0.1) is 26.0 Å². The number of esters is 1. The third-order valence-electron chi connectivity index (χ3n) is 7.86. The van der Waals surface area contributed by atoms with Crippen molar-refractivity contribution in [2.24, 2.45) is 7.05 Å². The minimum absolute atomic E-state index is 0.101. The number of carbonyl (C=O) groups is 2. The number of nitrogens with zero attached hydrogens (tertiary/aromatic N) is 5. The molecule has 1 N–H and O–H groups in total. The summed E-state index contributed by atoms with van der Waals surface area (Å²) in [5.41, 5.74) is 2.24. The van der Waals surface area contributed by atoms with Crippen molar-refractivity contribution in [3.8, 4) is 11.3 Å². The predicted octanol–water partition coefficient (Wildman–Crippen LogP) is 2.73. The third kappa shape index (κ3) is 5.59. The largest absolute Gasteiger partial charge is 0.467 e. The number of rotatable bonds is 7. The first-order chi connectivity index (χ1) is 20.5. The van der Waals surface area contributed by atoms with Gasteiger partial charge in [0.25, 0.3) is 11.5 Å². The summed E-state index contributed by atoms with van der Waals surface area (Å²) in [5, 5.41) is 2.43. The first-order valence-electron chi connectivity index (χ1n) is 13.7. The highest BCUT2D eigenvalue weighted by Crippen LogP contribution is 2.26. The number of imidazole rings is 1. The zero-order valence-corrected chi connectivity index (χ0v) is 24.5. The number of ether oxygens (including phenoxy) is 2. The summed E-state index contributed by atoms with van der Waals surface area (Å²) < 4.78 is 43.8. The second kappa shape index (κ2) is 11.9. The average Bonchev–Trinajstić information content (AvgIpc) is 3.48. The molecule has 0 radical (unpaired) electrons. The van der Waals surface area contributed by atoms with E-state index >= 15 is 8.78 Å². The normalized spacial score (nSPS) is 15.9. The van der Waals surface area contributed by atoms with E-state index in [0.29, 0.717) is 48.0 Å². The van der Waals surface area contributed by atoms with Crippen molar-refractivity contribution in [3.63, 3.8) is 0 Å². The molecule has 0 spiro atoms. The van der Waals surface area contributed by atoms with Crippen LogP contribution in [0, 0.1) is 25.5 Å². The van der Waals surface area contributed by atoms with Crippen LogP contribution in [-0.4, -0.2) is 69.8 Å². The number of halogens is 2. The highest BCUT2D eigenvalue weighted by molar-refractivity contribution is 5.97. The summed E-state index contributed by atoms with van der Waals surface area (Å²) in [7, 11) is 2.82. The van der Waals surface area contributed by atoms with Crippen molar-refractivity contribution >= 4 is 23.2 Å². The molecule has 1 aliphatic heterocycles. The smallest absolute Gasteiger partial charge is 0.328 e. The van der Waals surface area contributed by atoms with Gasteiger partial charge in [0.1, 0.15) is 34.6 Å². The lowest BCUT2D eigenvalue weighted by Gasteiger charge is -2.35. The summed E-state index contributed by atoms with van der Waals surface area (Å²) in [4.78, 5) is 49.6. The molecule has 13 heteroatoms. The van der Waals surface area contributed by atoms with Crippen molar-refractivity contribution in [1.29, 1.82) is 0 Å². The van der Waals surface area contributed by atoms with Crippen LogP contribution >= 0.6 is 0 Å². The number of aromatic nitrogens is 4. The highest BCUT2D eigenvalue weighted by Gasteiger charge is 2.29. The molecule has 1 amide bonds. The Bertz CT molecular complexity index is 1760. The minimum atomic E-state index is -1.29. The van der Waals surface area contributed by atoms with Crippen LogP contribution in [0.25, 0.3) is 16.9 Å². The maximum absolute atomic E-state index is 15.2. The molecule has 0 saturated carbocycles. The Hall–Kier alpha value is -4.65. The molecule has 4 heterocycles. The van der Waals surface area contributed by atoms with E-state index in [1.54, 1.807) is 48.5 Å². The fourth-order valence-electron chi connectivity index (χ4n) is 5.27. The first-order valence-corrected chi connectivity index (χ1v) is 13.7. The van der Waals surface area contributed by atoms with E-state index in [4.69, 9.17) is 9.47 Å². The number of methoxy groups -OCH3 is 1. The number of morpholine rings is 1. The lowest BCUT2D eigenvalue weighted by atomic mass is 10.1. The van der Waals surface area contributed by atoms with Crippen molar-refractivity contribution in [3.05, 3.63) is 81.3 Å². The Morgan fingerprint density at radius 3 is 2.60 bits per heavy atom. The molecule has 1 fully saturated rings. The van der Waals surface area contributed by atoms with Gasteiger partial charge in [-0.15, -0.1) is 0 Å². The molecule has 226 valence electrons. The Balaban J connectivity index is 1.44. The fourth-order valence-corrected chi connectivity index (χ4v) is 5.27. The molecule has 2 atom stereocenters. The first kappa shape index (κ1) is 29.8. The van der Waals surface area contributed by atoms with Crippen LogP contribution in [0.2, 0.25) is 0 Å². The number of nitrogens with one attached hydrogen (secondary N) is 1. The quantitative estimate of drug-likeness (QED) is 0.325. The van der Waals surface area contributed by atoms with Crippen molar-refractivity contribution in [2.75, 3.05) is 31.8 Å². The zero-order chi connectivity index (χ0) is 31.0. The molecule has 1 saturated heterocycles. The number of hydrogen-bond donors (Lipinski definition) is 1. The Morgan fingerprint density at radius 2 is 1.93 bits per heavy atom. The van der Waals surface area contributed by atoms with Gasteiger partial charge < -0.3 is 28.7 Å². The standard InChI is InChI=1S/C30H32F2N6O5/c1-16-15-43-11-10-37(16)20-12-22(31)25(23(32)13-20)28(39)35-24(30(41)42-5)14-19-6-7-21(27-33-8-9-38(19)27)26-29(40)36(4)18(3)17(2)34-26/h6-9,12-13,16,24H,10-11,14-15H2,1-5H3,(H,35,39)/t16-,24-/m0/s1. The molecule has 3 aromatic heterocycles. The molecule has 5 rings (SSSR count). The van der Waals surface area contributed by atoms with Gasteiger partial charge >= 0.3 is 5.97 Å². The van der Waals surface area contributed by atoms with Gasteiger partial charge in [-0.2, -0.15) is 0 Å². The number of amides is 1. The monoisotopic (exact) mass is 594 g/mol. The van der Waals surface area contributed by atoms with E-state index in [1.807, 2.05) is 6.92 Å². The highest BCUT2D eigenvalue weighted by atomic mass is 19.1. The van der Waals surface area contributed by atoms with Crippen LogP contribution in [-0.2, 0) is 27.7 Å². The van der Waals surface area contributed by atoms with Crippen molar-refractivity contribution in [2.45, 2.75) is 39.3 Å². The Morgan fingerprint density at radius 1 is 1.21 bits per heavy atom. The maximum atomic E-state index is 15.2. The zero-order valence-electron chi connectivity index (χ0n) is 24.5. The van der Waals surface area contributed by atoms with E-state index in [0.717, 1.165) is 24.9 Å². The van der Waals surface area contributed by atoms with Crippen molar-refractivity contribution < 1.29 is 27.8 Å². The molecule has 0 unspecified atom stereocenters. The van der Waals surface area contributed by atoms with Gasteiger partial charge in [-0.1, -0.05) is 0 Å². The van der Waals surface area contributed by atoms with Crippen LogP contribution in [0.15, 0.2) is 41.5 Å². The average molecular weight is 595 g/mol. The number of anilines is 1. The molecular weight excluding hydrogens is 562 g/mol. The number of aryl methyl sites for hydroxylation is 1. The van der Waals surface area contributed by atoms with Gasteiger partial charge in [-0.05, 0) is 45.0 Å². The fraction of sp³-hybridized carbons (Fsp3) is 0.367. The summed E-state index contributed by atoms with van der Waals surface area (Å²) in [5.74, 6) is -4.03. The van der Waals surface area contributed by atoms with Gasteiger partial charge in [0.2, 0.25) is 0 Å². The van der Waals surface area contributed by atoms with Crippen LogP contribution in [0.5, 0.6) is 0 Å². The summed E-state index contributed by atoms with van der Waals surface area (Å²) in [6.07, 6.45) is 3.07. The molecule has 0 bridgehead atoms. The number of benzene rings is 1.